The molecule has 130 valence electrons. The van der Waals surface area contributed by atoms with Gasteiger partial charge in [0, 0.05) is 29.7 Å². The molecule has 0 unspecified atom stereocenters. The molecule has 0 aliphatic carbocycles. The van der Waals surface area contributed by atoms with Gasteiger partial charge in [-0.25, -0.2) is 0 Å². The van der Waals surface area contributed by atoms with Gasteiger partial charge < -0.3 is 14.2 Å². The fourth-order valence-corrected chi connectivity index (χ4v) is 4.05. The highest BCUT2D eigenvalue weighted by Gasteiger charge is 2.33. The molecule has 4 heterocycles. The van der Waals surface area contributed by atoms with Crippen molar-refractivity contribution in [2.24, 2.45) is 0 Å². The fourth-order valence-electron chi connectivity index (χ4n) is 4.05. The molecule has 0 amide bonds. The lowest BCUT2D eigenvalue weighted by molar-refractivity contribution is -0.0805. The van der Waals surface area contributed by atoms with Gasteiger partial charge >= 0.3 is 0 Å². The Kier molecular flexibility index (Phi) is 3.79. The summed E-state index contributed by atoms with van der Waals surface area (Å²) in [6, 6.07) is 8.83. The lowest BCUT2D eigenvalue weighted by Gasteiger charge is -2.41. The zero-order valence-electron chi connectivity index (χ0n) is 14.1. The van der Waals surface area contributed by atoms with Crippen LogP contribution in [0.1, 0.15) is 42.6 Å². The average molecular weight is 338 g/mol. The molecule has 0 spiro atoms. The van der Waals surface area contributed by atoms with Crippen LogP contribution in [0.15, 0.2) is 35.0 Å². The number of morpholine rings is 1. The smallest absolute Gasteiger partial charge is 0.231 e. The molecule has 1 aromatic carbocycles. The third-order valence-corrected chi connectivity index (χ3v) is 5.43. The molecule has 2 aliphatic heterocycles. The highest BCUT2D eigenvalue weighted by Crippen LogP contribution is 2.28. The summed E-state index contributed by atoms with van der Waals surface area (Å²) in [5.41, 5.74) is 2.30. The normalized spacial score (nSPS) is 24.5. The molecule has 2 aliphatic rings. The summed E-state index contributed by atoms with van der Waals surface area (Å²) in [4.78, 5) is 10.4. The monoisotopic (exact) mass is 338 g/mol. The fraction of sp³-hybridized carbons (Fsp3) is 0.474. The number of benzene rings is 1. The molecule has 5 rings (SSSR count). The van der Waals surface area contributed by atoms with Crippen molar-refractivity contribution in [2.75, 3.05) is 19.7 Å². The van der Waals surface area contributed by atoms with Crippen molar-refractivity contribution in [3.63, 3.8) is 0 Å². The number of nitrogens with one attached hydrogen (secondary N) is 1. The van der Waals surface area contributed by atoms with Crippen molar-refractivity contribution in [3.05, 3.63) is 47.7 Å². The lowest BCUT2D eigenvalue weighted by Crippen LogP contribution is -2.49. The van der Waals surface area contributed by atoms with Crippen LogP contribution in [0.2, 0.25) is 0 Å². The third kappa shape index (κ3) is 2.85. The van der Waals surface area contributed by atoms with Gasteiger partial charge in [0.1, 0.15) is 6.10 Å². The summed E-state index contributed by atoms with van der Waals surface area (Å²) in [6.45, 7) is 2.80. The number of para-hydroxylation sites is 1. The second-order valence-electron chi connectivity index (χ2n) is 7.05. The molecule has 2 saturated heterocycles. The summed E-state index contributed by atoms with van der Waals surface area (Å²) in [5, 5.41) is 5.39. The van der Waals surface area contributed by atoms with Crippen molar-refractivity contribution in [1.29, 1.82) is 0 Å². The average Bonchev–Trinajstić information content (AvgIpc) is 3.29. The topological polar surface area (TPSA) is 67.2 Å². The van der Waals surface area contributed by atoms with Crippen molar-refractivity contribution in [2.45, 2.75) is 37.8 Å². The van der Waals surface area contributed by atoms with E-state index in [1.54, 1.807) is 0 Å². The number of rotatable bonds is 3. The number of hydrogen-bond donors (Lipinski definition) is 1. The maximum absolute atomic E-state index is 6.02. The van der Waals surface area contributed by atoms with Crippen molar-refractivity contribution < 1.29 is 9.26 Å². The summed E-state index contributed by atoms with van der Waals surface area (Å²) in [7, 11) is 0. The van der Waals surface area contributed by atoms with E-state index in [2.05, 4.69) is 32.2 Å². The highest BCUT2D eigenvalue weighted by molar-refractivity contribution is 5.83. The van der Waals surface area contributed by atoms with Gasteiger partial charge in [0.2, 0.25) is 11.7 Å². The number of hydrogen-bond acceptors (Lipinski definition) is 5. The van der Waals surface area contributed by atoms with E-state index < -0.39 is 0 Å². The highest BCUT2D eigenvalue weighted by atomic mass is 16.5. The Hall–Kier alpha value is -2.18. The Labute approximate surface area is 146 Å². The quantitative estimate of drug-likeness (QED) is 0.795. The van der Waals surface area contributed by atoms with Gasteiger partial charge in [0.15, 0.2) is 0 Å². The molecular formula is C19H22N4O2. The SMILES string of the molecule is c1ccc2c(Cc3nc([C@@H]4CN5CCCC[C@@H]5CO4)no3)c[nH]c2c1. The number of aromatic amines is 1. The molecule has 1 N–H and O–H groups in total. The van der Waals surface area contributed by atoms with Crippen LogP contribution in [-0.2, 0) is 11.2 Å². The minimum atomic E-state index is -0.0742. The van der Waals surface area contributed by atoms with Gasteiger partial charge in [-0.1, -0.05) is 29.8 Å². The zero-order valence-corrected chi connectivity index (χ0v) is 14.1. The molecule has 25 heavy (non-hydrogen) atoms. The van der Waals surface area contributed by atoms with Crippen LogP contribution in [0, 0.1) is 0 Å². The van der Waals surface area contributed by atoms with Crippen LogP contribution in [0.4, 0.5) is 0 Å². The number of H-pyrrole nitrogens is 1. The Balaban J connectivity index is 1.32. The second kappa shape index (κ2) is 6.28. The van der Waals surface area contributed by atoms with E-state index in [0.29, 0.717) is 24.2 Å². The van der Waals surface area contributed by atoms with Gasteiger partial charge in [-0.05, 0) is 31.0 Å². The molecule has 6 heteroatoms. The largest absolute Gasteiger partial charge is 0.367 e. The van der Waals surface area contributed by atoms with E-state index in [9.17, 15) is 0 Å². The van der Waals surface area contributed by atoms with Crippen molar-refractivity contribution in [3.8, 4) is 0 Å². The molecule has 2 aromatic heterocycles. The lowest BCUT2D eigenvalue weighted by atomic mass is 10.0. The molecule has 6 nitrogen and oxygen atoms in total. The van der Waals surface area contributed by atoms with Crippen LogP contribution in [0.3, 0.4) is 0 Å². The summed E-state index contributed by atoms with van der Waals surface area (Å²) in [6.07, 6.45) is 6.41. The predicted molar refractivity (Wildman–Crippen MR) is 93.3 cm³/mol. The predicted octanol–water partition coefficient (Wildman–Crippen LogP) is 3.07. The van der Waals surface area contributed by atoms with E-state index in [0.717, 1.165) is 25.2 Å². The van der Waals surface area contributed by atoms with Crippen molar-refractivity contribution >= 4 is 10.9 Å². The van der Waals surface area contributed by atoms with Gasteiger partial charge in [-0.15, -0.1) is 0 Å². The number of piperidine rings is 1. The standard InChI is InChI=1S/C19H22N4O2/c1-2-7-16-15(6-1)13(10-20-16)9-18-21-19(22-25-18)17-11-23-8-4-3-5-14(23)12-24-17/h1-2,6-7,10,14,17,20H,3-5,8-9,11-12H2/t14-,17+/m1/s1. The molecule has 0 radical (unpaired) electrons. The molecule has 0 saturated carbocycles. The molecule has 3 aromatic rings. The molecule has 2 atom stereocenters. The number of ether oxygens (including phenoxy) is 1. The Morgan fingerprint density at radius 1 is 1.24 bits per heavy atom. The number of fused-ring (bicyclic) bond motifs is 2. The molecule has 0 bridgehead atoms. The second-order valence-corrected chi connectivity index (χ2v) is 7.05. The molecular weight excluding hydrogens is 316 g/mol. The van der Waals surface area contributed by atoms with Gasteiger partial charge in [-0.3, -0.25) is 4.90 Å². The minimum Gasteiger partial charge on any atom is -0.367 e. The van der Waals surface area contributed by atoms with Crippen LogP contribution in [0.25, 0.3) is 10.9 Å². The van der Waals surface area contributed by atoms with Crippen molar-refractivity contribution in [1.82, 2.24) is 20.0 Å². The summed E-state index contributed by atoms with van der Waals surface area (Å²) >= 11 is 0. The first-order chi connectivity index (χ1) is 12.4. The first kappa shape index (κ1) is 15.1. The van der Waals surface area contributed by atoms with E-state index >= 15 is 0 Å². The maximum Gasteiger partial charge on any atom is 0.231 e. The first-order valence-electron chi connectivity index (χ1n) is 9.10. The summed E-state index contributed by atoms with van der Waals surface area (Å²) < 4.78 is 11.5. The van der Waals surface area contributed by atoms with E-state index in [4.69, 9.17) is 9.26 Å². The minimum absolute atomic E-state index is 0.0742. The van der Waals surface area contributed by atoms with Gasteiger partial charge in [0.25, 0.3) is 0 Å². The Bertz CT molecular complexity index is 871. The Morgan fingerprint density at radius 3 is 3.20 bits per heavy atom. The van der Waals surface area contributed by atoms with E-state index in [1.165, 1.54) is 30.2 Å². The third-order valence-electron chi connectivity index (χ3n) is 5.43. The van der Waals surface area contributed by atoms with Gasteiger partial charge in [0.05, 0.1) is 13.0 Å². The van der Waals surface area contributed by atoms with Crippen LogP contribution in [-0.4, -0.2) is 45.8 Å². The zero-order chi connectivity index (χ0) is 16.6. The van der Waals surface area contributed by atoms with E-state index in [1.807, 2.05) is 18.3 Å². The van der Waals surface area contributed by atoms with E-state index in [-0.39, 0.29) is 6.10 Å². The maximum atomic E-state index is 6.02. The molecule has 2 fully saturated rings. The first-order valence-corrected chi connectivity index (χ1v) is 9.10. The van der Waals surface area contributed by atoms with Crippen LogP contribution >= 0.6 is 0 Å². The number of aromatic nitrogens is 3. The van der Waals surface area contributed by atoms with Gasteiger partial charge in [-0.2, -0.15) is 4.98 Å². The van der Waals surface area contributed by atoms with Crippen LogP contribution in [0.5, 0.6) is 0 Å². The number of nitrogens with zero attached hydrogens (tertiary/aromatic N) is 3. The summed E-state index contributed by atoms with van der Waals surface area (Å²) in [5.74, 6) is 1.32. The Morgan fingerprint density at radius 2 is 2.20 bits per heavy atom. The van der Waals surface area contributed by atoms with Crippen LogP contribution < -0.4 is 0 Å².